The molecule has 5 nitrogen and oxygen atoms in total. The lowest BCUT2D eigenvalue weighted by atomic mass is 9.82. The second-order valence-corrected chi connectivity index (χ2v) is 9.69. The van der Waals surface area contributed by atoms with Gasteiger partial charge in [-0.2, -0.15) is 0 Å². The number of methoxy groups -OCH3 is 1. The number of hydrogen-bond acceptors (Lipinski definition) is 5. The predicted octanol–water partition coefficient (Wildman–Crippen LogP) is 4.71. The van der Waals surface area contributed by atoms with E-state index in [1.807, 2.05) is 52.1 Å². The van der Waals surface area contributed by atoms with E-state index in [2.05, 4.69) is 13.8 Å². The molecule has 0 bridgehead atoms. The number of benzene rings is 1. The molecule has 1 unspecified atom stereocenters. The number of hydrogen-bond donors (Lipinski definition) is 0. The maximum absolute atomic E-state index is 12.5. The average Bonchev–Trinajstić information content (AvgIpc) is 2.69. The maximum atomic E-state index is 12.5. The van der Waals surface area contributed by atoms with Crippen molar-refractivity contribution in [3.05, 3.63) is 35.4 Å². The van der Waals surface area contributed by atoms with Gasteiger partial charge in [-0.05, 0) is 43.8 Å². The second kappa shape index (κ2) is 11.2. The summed E-state index contributed by atoms with van der Waals surface area (Å²) in [4.78, 5) is 24.8. The van der Waals surface area contributed by atoms with E-state index in [9.17, 15) is 9.59 Å². The van der Waals surface area contributed by atoms with Crippen LogP contribution in [0.25, 0.3) is 6.08 Å². The number of rotatable bonds is 11. The minimum absolute atomic E-state index is 0.0677. The van der Waals surface area contributed by atoms with Gasteiger partial charge in [-0.25, -0.2) is 0 Å². The monoisotopic (exact) mass is 446 g/mol. The average molecular weight is 447 g/mol. The van der Waals surface area contributed by atoms with Crippen LogP contribution in [0.5, 0.6) is 5.75 Å². The molecular formula is C23H34O5Si2. The molecular weight excluding hydrogens is 412 g/mol. The highest BCUT2D eigenvalue weighted by molar-refractivity contribution is 6.26. The lowest BCUT2D eigenvalue weighted by molar-refractivity contribution is -0.157. The summed E-state index contributed by atoms with van der Waals surface area (Å²) in [7, 11) is 2.11. The highest BCUT2D eigenvalue weighted by Crippen LogP contribution is 2.40. The van der Waals surface area contributed by atoms with Crippen LogP contribution in [0.3, 0.4) is 0 Å². The predicted molar refractivity (Wildman–Crippen MR) is 123 cm³/mol. The van der Waals surface area contributed by atoms with Crippen molar-refractivity contribution in [2.45, 2.75) is 60.4 Å². The molecule has 7 heteroatoms. The molecule has 0 spiro atoms. The van der Waals surface area contributed by atoms with Gasteiger partial charge in [0.15, 0.2) is 11.6 Å². The van der Waals surface area contributed by atoms with Crippen molar-refractivity contribution < 1.29 is 23.2 Å². The van der Waals surface area contributed by atoms with E-state index in [0.717, 1.165) is 11.1 Å². The van der Waals surface area contributed by atoms with Crippen LogP contribution < -0.4 is 4.74 Å². The molecule has 0 amide bonds. The van der Waals surface area contributed by atoms with Crippen molar-refractivity contribution in [3.63, 3.8) is 0 Å². The highest BCUT2D eigenvalue weighted by Gasteiger charge is 2.39. The first-order valence-corrected chi connectivity index (χ1v) is 12.9. The fourth-order valence-electron chi connectivity index (χ4n) is 3.18. The number of carbonyl (C=O) groups is 2. The third-order valence-electron chi connectivity index (χ3n) is 4.87. The van der Waals surface area contributed by atoms with Gasteiger partial charge >= 0.3 is 0 Å². The third kappa shape index (κ3) is 6.23. The minimum atomic E-state index is -0.891. The zero-order valence-electron chi connectivity index (χ0n) is 19.6. The summed E-state index contributed by atoms with van der Waals surface area (Å²) >= 11 is 0. The van der Waals surface area contributed by atoms with Crippen molar-refractivity contribution in [3.8, 4) is 5.75 Å². The van der Waals surface area contributed by atoms with Gasteiger partial charge in [-0.15, -0.1) is 0 Å². The summed E-state index contributed by atoms with van der Waals surface area (Å²) in [6, 6.07) is 5.68. The number of ketones is 2. The van der Waals surface area contributed by atoms with Crippen LogP contribution in [-0.4, -0.2) is 38.2 Å². The zero-order chi connectivity index (χ0) is 23.1. The first-order chi connectivity index (χ1) is 13.9. The Morgan fingerprint density at radius 1 is 1.03 bits per heavy atom. The summed E-state index contributed by atoms with van der Waals surface area (Å²) in [5.41, 5.74) is 1.08. The van der Waals surface area contributed by atoms with Gasteiger partial charge in [0, 0.05) is 11.3 Å². The molecule has 0 heterocycles. The van der Waals surface area contributed by atoms with Crippen molar-refractivity contribution in [1.29, 1.82) is 0 Å². The number of ether oxygens (including phenoxy) is 1. The topological polar surface area (TPSA) is 61.8 Å². The van der Waals surface area contributed by atoms with Gasteiger partial charge in [0.2, 0.25) is 19.5 Å². The van der Waals surface area contributed by atoms with E-state index in [0.29, 0.717) is 5.75 Å². The molecule has 0 aliphatic carbocycles. The van der Waals surface area contributed by atoms with Gasteiger partial charge in [-0.3, -0.25) is 9.59 Å². The Hall–Kier alpha value is -1.55. The molecule has 1 aromatic carbocycles. The first-order valence-electron chi connectivity index (χ1n) is 10.1. The molecule has 30 heavy (non-hydrogen) atoms. The molecule has 0 saturated heterocycles. The van der Waals surface area contributed by atoms with E-state index in [1.54, 1.807) is 20.1 Å². The summed E-state index contributed by atoms with van der Waals surface area (Å²) in [5, 5.41) is 0. The number of Topliss-reactive ketones (excluding diaryl/α,β-unsaturated/α-hetero) is 1. The molecule has 0 aliphatic rings. The van der Waals surface area contributed by atoms with Crippen LogP contribution in [0, 0.1) is 17.3 Å². The molecule has 0 N–H and O–H groups in total. The van der Waals surface area contributed by atoms with E-state index >= 15 is 0 Å². The van der Waals surface area contributed by atoms with Gasteiger partial charge in [0.05, 0.1) is 18.6 Å². The molecule has 4 radical (unpaired) electrons. The molecule has 1 rings (SSSR count). The van der Waals surface area contributed by atoms with Crippen LogP contribution >= 0.6 is 0 Å². The molecule has 1 aromatic rings. The summed E-state index contributed by atoms with van der Waals surface area (Å²) in [6.07, 6.45) is 3.18. The lowest BCUT2D eigenvalue weighted by Gasteiger charge is -2.38. The lowest BCUT2D eigenvalue weighted by Crippen LogP contribution is -2.40. The molecule has 164 valence electrons. The van der Waals surface area contributed by atoms with Gasteiger partial charge in [0.1, 0.15) is 11.5 Å². The zero-order valence-corrected chi connectivity index (χ0v) is 21.6. The SMILES string of the molecule is COc1cc(/C=C/C(=O)C(C)C(=O)C(C)(C)C)ccc1C(O[Si]C)(O[Si]C)C(C)C. The van der Waals surface area contributed by atoms with Crippen molar-refractivity contribution in [2.24, 2.45) is 17.3 Å². The molecule has 0 fully saturated rings. The summed E-state index contributed by atoms with van der Waals surface area (Å²) in [5.74, 6) is -1.14. The molecule has 1 atom stereocenters. The maximum Gasteiger partial charge on any atom is 0.230 e. The van der Waals surface area contributed by atoms with Crippen LogP contribution in [0.4, 0.5) is 0 Å². The fourth-order valence-corrected chi connectivity index (χ4v) is 4.65. The Morgan fingerprint density at radius 3 is 2.03 bits per heavy atom. The van der Waals surface area contributed by atoms with Crippen molar-refractivity contribution in [1.82, 2.24) is 0 Å². The molecule has 0 aromatic heterocycles. The summed E-state index contributed by atoms with van der Waals surface area (Å²) < 4.78 is 17.9. The van der Waals surface area contributed by atoms with Gasteiger partial charge < -0.3 is 13.6 Å². The minimum Gasteiger partial charge on any atom is -0.496 e. The Kier molecular flexibility index (Phi) is 9.87. The Bertz CT molecular complexity index is 759. The largest absolute Gasteiger partial charge is 0.496 e. The van der Waals surface area contributed by atoms with E-state index in [1.165, 1.54) is 6.08 Å². The smallest absolute Gasteiger partial charge is 0.230 e. The molecule has 0 saturated carbocycles. The van der Waals surface area contributed by atoms with Crippen LogP contribution in [-0.2, 0) is 24.2 Å². The quantitative estimate of drug-likeness (QED) is 0.213. The first kappa shape index (κ1) is 26.5. The standard InChI is InChI=1S/C23H34O5Si2/c1-15(2)23(27-29-8,28-30-9)18-12-10-17(14-20(18)26-7)11-13-19(24)16(3)21(25)22(4,5)6/h10-16H,1-9H3/b13-11+. The summed E-state index contributed by atoms with van der Waals surface area (Å²) in [6.45, 7) is 15.2. The fraction of sp³-hybridized carbons (Fsp3) is 0.565. The second-order valence-electron chi connectivity index (χ2n) is 8.47. The van der Waals surface area contributed by atoms with Gasteiger partial charge in [0.25, 0.3) is 0 Å². The van der Waals surface area contributed by atoms with E-state index in [-0.39, 0.29) is 37.0 Å². The van der Waals surface area contributed by atoms with Crippen LogP contribution in [0.15, 0.2) is 24.3 Å². The highest BCUT2D eigenvalue weighted by atomic mass is 28.2. The van der Waals surface area contributed by atoms with Gasteiger partial charge in [-0.1, -0.05) is 46.8 Å². The Morgan fingerprint density at radius 2 is 1.60 bits per heavy atom. The number of carbonyl (C=O) groups excluding carboxylic acids is 2. The van der Waals surface area contributed by atoms with Crippen molar-refractivity contribution in [2.75, 3.05) is 7.11 Å². The third-order valence-corrected chi connectivity index (χ3v) is 5.88. The Balaban J connectivity index is 3.25. The van der Waals surface area contributed by atoms with E-state index in [4.69, 9.17) is 13.6 Å². The van der Waals surface area contributed by atoms with Crippen molar-refractivity contribution >= 4 is 37.2 Å². The molecule has 0 aliphatic heterocycles. The Labute approximate surface area is 186 Å². The normalized spacial score (nSPS) is 13.7. The number of allylic oxidation sites excluding steroid dienone is 1. The van der Waals surface area contributed by atoms with E-state index < -0.39 is 17.1 Å². The van der Waals surface area contributed by atoms with Crippen LogP contribution in [0.2, 0.25) is 13.1 Å². The van der Waals surface area contributed by atoms with Crippen LogP contribution in [0.1, 0.15) is 52.7 Å².